The van der Waals surface area contributed by atoms with E-state index in [9.17, 15) is 4.79 Å². The van der Waals surface area contributed by atoms with Crippen LogP contribution in [0.3, 0.4) is 0 Å². The SMILES string of the molecule is O=C1NCC2c3c(c4ccccc4n3Cc3ccccc3)CCN12. The number of aromatic nitrogens is 1. The van der Waals surface area contributed by atoms with Crippen LogP contribution in [0.25, 0.3) is 10.9 Å². The van der Waals surface area contributed by atoms with Gasteiger partial charge in [0.1, 0.15) is 0 Å². The first-order valence-electron chi connectivity index (χ1n) is 8.51. The van der Waals surface area contributed by atoms with Crippen molar-refractivity contribution in [3.05, 3.63) is 71.4 Å². The third kappa shape index (κ3) is 1.89. The predicted octanol–water partition coefficient (Wildman–Crippen LogP) is 3.31. The molecule has 2 aliphatic heterocycles. The smallest absolute Gasteiger partial charge is 0.318 e. The molecule has 5 rings (SSSR count). The molecule has 24 heavy (non-hydrogen) atoms. The van der Waals surface area contributed by atoms with Crippen LogP contribution in [-0.2, 0) is 13.0 Å². The van der Waals surface area contributed by atoms with Crippen molar-refractivity contribution >= 4 is 16.9 Å². The quantitative estimate of drug-likeness (QED) is 0.773. The van der Waals surface area contributed by atoms with E-state index >= 15 is 0 Å². The van der Waals surface area contributed by atoms with Gasteiger partial charge in [-0.15, -0.1) is 0 Å². The molecule has 1 unspecified atom stereocenters. The minimum Gasteiger partial charge on any atom is -0.338 e. The lowest BCUT2D eigenvalue weighted by Gasteiger charge is -2.30. The minimum atomic E-state index is 0.0715. The predicted molar refractivity (Wildman–Crippen MR) is 94.0 cm³/mol. The molecule has 1 fully saturated rings. The van der Waals surface area contributed by atoms with Gasteiger partial charge in [-0.3, -0.25) is 0 Å². The number of benzene rings is 2. The molecule has 1 atom stereocenters. The largest absolute Gasteiger partial charge is 0.338 e. The van der Waals surface area contributed by atoms with E-state index in [4.69, 9.17) is 0 Å². The molecule has 0 aliphatic carbocycles. The van der Waals surface area contributed by atoms with Gasteiger partial charge in [0.05, 0.1) is 6.04 Å². The van der Waals surface area contributed by atoms with Crippen molar-refractivity contribution < 1.29 is 4.79 Å². The van der Waals surface area contributed by atoms with Gasteiger partial charge in [0.15, 0.2) is 0 Å². The molecule has 0 saturated carbocycles. The van der Waals surface area contributed by atoms with Crippen LogP contribution in [0.2, 0.25) is 0 Å². The number of nitrogens with one attached hydrogen (secondary N) is 1. The lowest BCUT2D eigenvalue weighted by atomic mass is 9.98. The Bertz CT molecular complexity index is 929. The Hall–Kier alpha value is -2.75. The summed E-state index contributed by atoms with van der Waals surface area (Å²) in [5.41, 5.74) is 5.28. The molecule has 1 aromatic heterocycles. The first-order chi connectivity index (χ1) is 11.8. The first-order valence-corrected chi connectivity index (χ1v) is 8.51. The maximum atomic E-state index is 12.1. The van der Waals surface area contributed by atoms with Crippen LogP contribution in [0.1, 0.15) is 22.9 Å². The molecule has 1 saturated heterocycles. The molecule has 0 radical (unpaired) electrons. The Morgan fingerprint density at radius 2 is 1.83 bits per heavy atom. The second-order valence-electron chi connectivity index (χ2n) is 6.60. The summed E-state index contributed by atoms with van der Waals surface area (Å²) in [5, 5.41) is 4.35. The number of hydrogen-bond donors (Lipinski definition) is 1. The van der Waals surface area contributed by atoms with Gasteiger partial charge < -0.3 is 14.8 Å². The highest BCUT2D eigenvalue weighted by atomic mass is 16.2. The van der Waals surface area contributed by atoms with Crippen molar-refractivity contribution in [3.8, 4) is 0 Å². The first kappa shape index (κ1) is 13.7. The summed E-state index contributed by atoms with van der Waals surface area (Å²) in [4.78, 5) is 14.1. The van der Waals surface area contributed by atoms with E-state index in [1.807, 2.05) is 11.0 Å². The molecule has 3 heterocycles. The van der Waals surface area contributed by atoms with E-state index in [1.165, 1.54) is 27.7 Å². The Kier molecular flexibility index (Phi) is 2.92. The van der Waals surface area contributed by atoms with Gasteiger partial charge in [-0.25, -0.2) is 4.79 Å². The number of rotatable bonds is 2. The molecule has 2 aromatic carbocycles. The van der Waals surface area contributed by atoms with Crippen molar-refractivity contribution in [2.24, 2.45) is 0 Å². The molecule has 3 aromatic rings. The minimum absolute atomic E-state index is 0.0715. The Labute approximate surface area is 140 Å². The molecule has 0 spiro atoms. The van der Waals surface area contributed by atoms with Gasteiger partial charge in [0, 0.05) is 36.2 Å². The maximum absolute atomic E-state index is 12.1. The summed E-state index contributed by atoms with van der Waals surface area (Å²) in [6, 6.07) is 19.4. The van der Waals surface area contributed by atoms with Crippen molar-refractivity contribution in [1.29, 1.82) is 0 Å². The van der Waals surface area contributed by atoms with Crippen LogP contribution in [0.4, 0.5) is 4.79 Å². The molecule has 2 aliphatic rings. The van der Waals surface area contributed by atoms with Gasteiger partial charge >= 0.3 is 6.03 Å². The topological polar surface area (TPSA) is 37.3 Å². The number of amides is 2. The fraction of sp³-hybridized carbons (Fsp3) is 0.250. The fourth-order valence-electron chi connectivity index (χ4n) is 4.25. The number of fused-ring (bicyclic) bond motifs is 5. The summed E-state index contributed by atoms with van der Waals surface area (Å²) in [6.45, 7) is 2.36. The molecule has 4 heteroatoms. The molecule has 0 bridgehead atoms. The van der Waals surface area contributed by atoms with E-state index in [1.54, 1.807) is 0 Å². The average molecular weight is 317 g/mol. The molecular formula is C20H19N3O. The van der Waals surface area contributed by atoms with Crippen molar-refractivity contribution in [2.45, 2.75) is 19.0 Å². The van der Waals surface area contributed by atoms with Gasteiger partial charge in [0.25, 0.3) is 0 Å². The Morgan fingerprint density at radius 1 is 1.04 bits per heavy atom. The molecule has 4 nitrogen and oxygen atoms in total. The lowest BCUT2D eigenvalue weighted by Crippen LogP contribution is -2.36. The van der Waals surface area contributed by atoms with Crippen LogP contribution in [0.5, 0.6) is 0 Å². The second-order valence-corrected chi connectivity index (χ2v) is 6.60. The lowest BCUT2D eigenvalue weighted by molar-refractivity contribution is 0.198. The average Bonchev–Trinajstić information content (AvgIpc) is 3.15. The second kappa shape index (κ2) is 5.13. The summed E-state index contributed by atoms with van der Waals surface area (Å²) < 4.78 is 2.41. The van der Waals surface area contributed by atoms with Crippen molar-refractivity contribution in [2.75, 3.05) is 13.1 Å². The van der Waals surface area contributed by atoms with Crippen LogP contribution in [0, 0.1) is 0 Å². The van der Waals surface area contributed by atoms with Crippen LogP contribution < -0.4 is 5.32 Å². The fourth-order valence-corrected chi connectivity index (χ4v) is 4.25. The third-order valence-corrected chi connectivity index (χ3v) is 5.31. The molecule has 1 N–H and O–H groups in total. The zero-order valence-corrected chi connectivity index (χ0v) is 13.4. The number of urea groups is 1. The van der Waals surface area contributed by atoms with Crippen LogP contribution >= 0.6 is 0 Å². The highest BCUT2D eigenvalue weighted by molar-refractivity contribution is 5.87. The van der Waals surface area contributed by atoms with E-state index in [0.717, 1.165) is 19.5 Å². The zero-order valence-electron chi connectivity index (χ0n) is 13.4. The van der Waals surface area contributed by atoms with E-state index in [0.29, 0.717) is 6.54 Å². The highest BCUT2D eigenvalue weighted by Gasteiger charge is 2.39. The normalized spacial score (nSPS) is 19.2. The molecule has 2 amide bonds. The van der Waals surface area contributed by atoms with Crippen molar-refractivity contribution in [3.63, 3.8) is 0 Å². The van der Waals surface area contributed by atoms with E-state index in [2.05, 4.69) is 58.4 Å². The molecule has 120 valence electrons. The summed E-state index contributed by atoms with van der Waals surface area (Å²) >= 11 is 0. The Balaban J connectivity index is 1.72. The van der Waals surface area contributed by atoms with Gasteiger partial charge in [-0.05, 0) is 23.6 Å². The number of para-hydroxylation sites is 1. The van der Waals surface area contributed by atoms with Gasteiger partial charge in [-0.1, -0.05) is 48.5 Å². The van der Waals surface area contributed by atoms with E-state index < -0.39 is 0 Å². The number of carbonyl (C=O) groups is 1. The monoisotopic (exact) mass is 317 g/mol. The Morgan fingerprint density at radius 3 is 2.71 bits per heavy atom. The van der Waals surface area contributed by atoms with E-state index in [-0.39, 0.29) is 12.1 Å². The standard InChI is InChI=1S/C20H19N3O/c24-20-21-12-18-19-16(10-11-22(18)20)15-8-4-5-9-17(15)23(19)13-14-6-2-1-3-7-14/h1-9,18H,10-13H2,(H,21,24). The van der Waals surface area contributed by atoms with Gasteiger partial charge in [0.2, 0.25) is 0 Å². The summed E-state index contributed by atoms with van der Waals surface area (Å²) in [6.07, 6.45) is 0.932. The summed E-state index contributed by atoms with van der Waals surface area (Å²) in [5.74, 6) is 0. The number of nitrogens with zero attached hydrogens (tertiary/aromatic N) is 2. The number of hydrogen-bond acceptors (Lipinski definition) is 1. The third-order valence-electron chi connectivity index (χ3n) is 5.31. The highest BCUT2D eigenvalue weighted by Crippen LogP contribution is 2.39. The maximum Gasteiger partial charge on any atom is 0.318 e. The summed E-state index contributed by atoms with van der Waals surface area (Å²) in [7, 11) is 0. The molecular weight excluding hydrogens is 298 g/mol. The van der Waals surface area contributed by atoms with Crippen LogP contribution in [-0.4, -0.2) is 28.6 Å². The van der Waals surface area contributed by atoms with Gasteiger partial charge in [-0.2, -0.15) is 0 Å². The zero-order chi connectivity index (χ0) is 16.1. The van der Waals surface area contributed by atoms with Crippen molar-refractivity contribution in [1.82, 2.24) is 14.8 Å². The van der Waals surface area contributed by atoms with Crippen LogP contribution in [0.15, 0.2) is 54.6 Å². The number of carbonyl (C=O) groups excluding carboxylic acids is 1.